The van der Waals surface area contributed by atoms with Crippen molar-refractivity contribution >= 4 is 90.3 Å². The molecule has 0 saturated carbocycles. The van der Waals surface area contributed by atoms with Gasteiger partial charge in [0.1, 0.15) is 0 Å². The number of benzene rings is 3. The predicted octanol–water partition coefficient (Wildman–Crippen LogP) is 7.13. The molecule has 0 bridgehead atoms. The maximum absolute atomic E-state index is 11.0. The number of nitrogens with one attached hydrogen (secondary N) is 2. The van der Waals surface area contributed by atoms with E-state index in [2.05, 4.69) is 10.6 Å². The lowest BCUT2D eigenvalue weighted by Crippen LogP contribution is -2.09. The second-order valence-electron chi connectivity index (χ2n) is 7.66. The van der Waals surface area contributed by atoms with Crippen molar-refractivity contribution in [1.82, 2.24) is 9.13 Å². The van der Waals surface area contributed by atoms with Gasteiger partial charge in [0.05, 0.1) is 43.6 Å². The molecule has 0 aliphatic heterocycles. The number of thiazole rings is 2. The molecule has 0 aliphatic carbocycles. The zero-order chi connectivity index (χ0) is 25.4. The summed E-state index contributed by atoms with van der Waals surface area (Å²) in [6, 6.07) is 17.2. The Bertz CT molecular complexity index is 1620. The molecule has 0 fully saturated rings. The number of hydrogen-bond donors (Lipinski definition) is 2. The Kier molecular flexibility index (Phi) is 6.49. The average Bonchev–Trinajstić information content (AvgIpc) is 3.35. The third-order valence-corrected chi connectivity index (χ3v) is 8.32. The minimum atomic E-state index is -0.415. The highest BCUT2D eigenvalue weighted by molar-refractivity contribution is 7.74. The first-order chi connectivity index (χ1) is 17.3. The summed E-state index contributed by atoms with van der Waals surface area (Å²) in [5.74, 6) is 0. The highest BCUT2D eigenvalue weighted by Crippen LogP contribution is 2.29. The van der Waals surface area contributed by atoms with Gasteiger partial charge in [0, 0.05) is 35.6 Å². The first-order valence-corrected chi connectivity index (χ1v) is 12.9. The summed E-state index contributed by atoms with van der Waals surface area (Å²) < 4.78 is 6.59. The van der Waals surface area contributed by atoms with Crippen molar-refractivity contribution in [2.24, 2.45) is 0 Å². The summed E-state index contributed by atoms with van der Waals surface area (Å²) in [6.45, 7) is 0.844. The van der Waals surface area contributed by atoms with Crippen molar-refractivity contribution in [3.8, 4) is 0 Å². The lowest BCUT2D eigenvalue weighted by atomic mass is 10.3. The maximum atomic E-state index is 11.0. The first-order valence-electron chi connectivity index (χ1n) is 10.4. The van der Waals surface area contributed by atoms with Crippen molar-refractivity contribution in [3.63, 3.8) is 0 Å². The number of nitro benzene ring substituents is 2. The van der Waals surface area contributed by atoms with Crippen molar-refractivity contribution in [1.29, 1.82) is 0 Å². The molecule has 0 unspecified atom stereocenters. The first kappa shape index (κ1) is 24.0. The van der Waals surface area contributed by atoms with Crippen LogP contribution in [0.15, 0.2) is 60.7 Å². The van der Waals surface area contributed by atoms with Gasteiger partial charge >= 0.3 is 0 Å². The molecule has 5 rings (SSSR count). The van der Waals surface area contributed by atoms with E-state index >= 15 is 0 Å². The molecular weight excluding hydrogens is 541 g/mol. The Balaban J connectivity index is 1.26. The van der Waals surface area contributed by atoms with E-state index in [0.29, 0.717) is 21.2 Å². The number of nitrogens with zero attached hydrogens (tertiary/aromatic N) is 4. The van der Waals surface area contributed by atoms with Crippen LogP contribution >= 0.6 is 47.1 Å². The summed E-state index contributed by atoms with van der Waals surface area (Å²) >= 11 is 13.6. The van der Waals surface area contributed by atoms with Gasteiger partial charge in [-0.05, 0) is 60.8 Å². The van der Waals surface area contributed by atoms with Crippen LogP contribution in [0.2, 0.25) is 0 Å². The number of nitro groups is 2. The molecule has 14 heteroatoms. The quantitative estimate of drug-likeness (QED) is 0.118. The van der Waals surface area contributed by atoms with E-state index in [4.69, 9.17) is 24.4 Å². The van der Waals surface area contributed by atoms with Gasteiger partial charge in [-0.1, -0.05) is 0 Å². The monoisotopic (exact) mass is 556 g/mol. The van der Waals surface area contributed by atoms with Crippen molar-refractivity contribution in [2.75, 3.05) is 10.6 Å². The fourth-order valence-electron chi connectivity index (χ4n) is 3.68. The molecule has 5 aromatic rings. The van der Waals surface area contributed by atoms with Crippen LogP contribution in [0.1, 0.15) is 0 Å². The molecule has 10 nitrogen and oxygen atoms in total. The predicted molar refractivity (Wildman–Crippen MR) is 148 cm³/mol. The molecule has 0 spiro atoms. The van der Waals surface area contributed by atoms with Gasteiger partial charge in [0.15, 0.2) is 7.91 Å². The van der Waals surface area contributed by atoms with Crippen LogP contribution in [0.4, 0.5) is 22.7 Å². The van der Waals surface area contributed by atoms with Crippen LogP contribution in [-0.2, 0) is 13.3 Å². The number of fused-ring (bicyclic) bond motifs is 2. The average molecular weight is 557 g/mol. The summed E-state index contributed by atoms with van der Waals surface area (Å²) in [7, 11) is 0. The van der Waals surface area contributed by atoms with Gasteiger partial charge in [-0.25, -0.2) is 0 Å². The molecule has 0 saturated heterocycles. The summed E-state index contributed by atoms with van der Waals surface area (Å²) in [5.41, 5.74) is 3.53. The van der Waals surface area contributed by atoms with E-state index < -0.39 is 9.85 Å². The van der Waals surface area contributed by atoms with Crippen molar-refractivity contribution < 1.29 is 9.85 Å². The third-order valence-electron chi connectivity index (χ3n) is 5.49. The molecule has 0 atom stereocenters. The fourth-order valence-corrected chi connectivity index (χ4v) is 6.40. The number of anilines is 2. The zero-order valence-corrected chi connectivity index (χ0v) is 21.5. The van der Waals surface area contributed by atoms with Crippen LogP contribution in [-0.4, -0.2) is 19.0 Å². The van der Waals surface area contributed by atoms with Crippen LogP contribution in [0.25, 0.3) is 20.4 Å². The zero-order valence-electron chi connectivity index (χ0n) is 18.2. The second-order valence-corrected chi connectivity index (χ2v) is 11.0. The number of non-ortho nitro benzene ring substituents is 2. The standard InChI is InChI=1S/C22H16N6O4S4/c29-27(30)15-5-7-17-19(9-15)35-21(33)25(17)11-23-13-1-2-14(4-3-13)24-12-26-18-8-6-16(28(31)32)10-20(18)36-22(26)34/h1-10,23-24H,11-12H2. The molecule has 2 heterocycles. The lowest BCUT2D eigenvalue weighted by molar-refractivity contribution is -0.384. The van der Waals surface area contributed by atoms with E-state index in [1.54, 1.807) is 12.1 Å². The molecule has 36 heavy (non-hydrogen) atoms. The number of aromatic nitrogens is 2. The van der Waals surface area contributed by atoms with Gasteiger partial charge < -0.3 is 19.8 Å². The molecule has 0 amide bonds. The Morgan fingerprint density at radius 2 is 1.08 bits per heavy atom. The smallest absolute Gasteiger partial charge is 0.270 e. The van der Waals surface area contributed by atoms with Crippen LogP contribution < -0.4 is 10.6 Å². The topological polar surface area (TPSA) is 120 Å². The minimum absolute atomic E-state index is 0.0417. The summed E-state index contributed by atoms with van der Waals surface area (Å²) in [6.07, 6.45) is 0. The Morgan fingerprint density at radius 3 is 1.44 bits per heavy atom. The SMILES string of the molecule is O=[N+]([O-])c1ccc2c(c1)sc(=S)n2CNc1ccc(NCn2c(=S)sc3cc([N+](=O)[O-])ccc32)cc1. The van der Waals surface area contributed by atoms with Gasteiger partial charge in [-0.3, -0.25) is 20.2 Å². The summed E-state index contributed by atoms with van der Waals surface area (Å²) in [5, 5.41) is 28.7. The molecule has 2 aromatic heterocycles. The van der Waals surface area contributed by atoms with E-state index in [1.807, 2.05) is 33.4 Å². The van der Waals surface area contributed by atoms with E-state index in [0.717, 1.165) is 31.8 Å². The molecule has 0 aliphatic rings. The Hall–Kier alpha value is -3.72. The van der Waals surface area contributed by atoms with E-state index in [-0.39, 0.29) is 11.4 Å². The van der Waals surface area contributed by atoms with Crippen LogP contribution in [0.5, 0.6) is 0 Å². The number of hydrogen-bond acceptors (Lipinski definition) is 10. The third kappa shape index (κ3) is 4.70. The molecule has 2 N–H and O–H groups in total. The number of rotatable bonds is 8. The normalized spacial score (nSPS) is 11.1. The fraction of sp³-hybridized carbons (Fsp3) is 0.0909. The maximum Gasteiger partial charge on any atom is 0.270 e. The van der Waals surface area contributed by atoms with Crippen LogP contribution in [0.3, 0.4) is 0 Å². The highest BCUT2D eigenvalue weighted by Gasteiger charge is 2.12. The van der Waals surface area contributed by atoms with Crippen LogP contribution in [0, 0.1) is 28.1 Å². The van der Waals surface area contributed by atoms with E-state index in [1.165, 1.54) is 46.9 Å². The molecular formula is C22H16N6O4S4. The lowest BCUT2D eigenvalue weighted by Gasteiger charge is -2.11. The Morgan fingerprint density at radius 1 is 0.694 bits per heavy atom. The Labute approximate surface area is 221 Å². The molecule has 182 valence electrons. The van der Waals surface area contributed by atoms with Gasteiger partial charge in [0.25, 0.3) is 11.4 Å². The second kappa shape index (κ2) is 9.73. The largest absolute Gasteiger partial charge is 0.367 e. The van der Waals surface area contributed by atoms with Gasteiger partial charge in [0.2, 0.25) is 0 Å². The molecule has 3 aromatic carbocycles. The van der Waals surface area contributed by atoms with Crippen molar-refractivity contribution in [3.05, 3.63) is 88.8 Å². The molecule has 0 radical (unpaired) electrons. The van der Waals surface area contributed by atoms with Gasteiger partial charge in [-0.15, -0.1) is 22.7 Å². The highest BCUT2D eigenvalue weighted by atomic mass is 32.2. The van der Waals surface area contributed by atoms with Crippen molar-refractivity contribution in [2.45, 2.75) is 13.3 Å². The van der Waals surface area contributed by atoms with Gasteiger partial charge in [-0.2, -0.15) is 0 Å². The summed E-state index contributed by atoms with van der Waals surface area (Å²) in [4.78, 5) is 21.2. The van der Waals surface area contributed by atoms with E-state index in [9.17, 15) is 20.2 Å². The minimum Gasteiger partial charge on any atom is -0.367 e.